The smallest absolute Gasteiger partial charge is 0.225 e. The molecule has 17 heavy (non-hydrogen) atoms. The van der Waals surface area contributed by atoms with Crippen molar-refractivity contribution in [3.8, 4) is 0 Å². The Morgan fingerprint density at radius 1 is 1.41 bits per heavy atom. The zero-order valence-corrected chi connectivity index (χ0v) is 11.2. The van der Waals surface area contributed by atoms with Gasteiger partial charge in [0.05, 0.1) is 6.04 Å². The summed E-state index contributed by atoms with van der Waals surface area (Å²) in [5.41, 5.74) is 3.02. The van der Waals surface area contributed by atoms with Crippen LogP contribution in [0.2, 0.25) is 0 Å². The summed E-state index contributed by atoms with van der Waals surface area (Å²) < 4.78 is 0. The van der Waals surface area contributed by atoms with Crippen LogP contribution in [0.4, 0.5) is 0 Å². The lowest BCUT2D eigenvalue weighted by Crippen LogP contribution is -2.42. The first-order valence-electron chi connectivity index (χ1n) is 6.76. The second-order valence-corrected chi connectivity index (χ2v) is 5.51. The van der Waals surface area contributed by atoms with Crippen LogP contribution in [-0.2, 0) is 4.79 Å². The van der Waals surface area contributed by atoms with Crippen molar-refractivity contribution >= 4 is 5.91 Å². The fraction of sp³-hybridized carbons (Fsp3) is 0.667. The highest BCUT2D eigenvalue weighted by Crippen LogP contribution is 2.34. The third kappa shape index (κ3) is 2.46. The van der Waals surface area contributed by atoms with E-state index in [1.54, 1.807) is 5.57 Å². The molecule has 0 aliphatic heterocycles. The normalized spacial score (nSPS) is 23.9. The molecule has 0 aromatic heterocycles. The van der Waals surface area contributed by atoms with Gasteiger partial charge in [-0.3, -0.25) is 4.79 Å². The average Bonchev–Trinajstić information content (AvgIpc) is 2.36. The Hall–Kier alpha value is -1.05. The van der Waals surface area contributed by atoms with Crippen LogP contribution in [0.1, 0.15) is 46.0 Å². The van der Waals surface area contributed by atoms with E-state index >= 15 is 0 Å². The van der Waals surface area contributed by atoms with Crippen molar-refractivity contribution in [1.82, 2.24) is 4.90 Å². The van der Waals surface area contributed by atoms with Gasteiger partial charge in [-0.25, -0.2) is 0 Å². The molecular formula is C15H23NO. The minimum atomic E-state index is 0.0959. The van der Waals surface area contributed by atoms with Gasteiger partial charge in [0.2, 0.25) is 5.91 Å². The number of carbonyl (C=O) groups excluding carboxylic acids is 1. The molecule has 0 aromatic carbocycles. The molecule has 2 heteroatoms. The SMILES string of the molecule is CC(C)C(=O)N(C)C1CCCC2=C1C=CCC2. The Kier molecular flexibility index (Phi) is 3.70. The fourth-order valence-electron chi connectivity index (χ4n) is 2.97. The number of amides is 1. The van der Waals surface area contributed by atoms with Crippen molar-refractivity contribution in [3.05, 3.63) is 23.3 Å². The van der Waals surface area contributed by atoms with Crippen molar-refractivity contribution in [2.24, 2.45) is 5.92 Å². The monoisotopic (exact) mass is 233 g/mol. The molecule has 94 valence electrons. The number of hydrogen-bond acceptors (Lipinski definition) is 1. The average molecular weight is 233 g/mol. The van der Waals surface area contributed by atoms with Gasteiger partial charge in [-0.05, 0) is 37.7 Å². The molecule has 1 unspecified atom stereocenters. The summed E-state index contributed by atoms with van der Waals surface area (Å²) in [4.78, 5) is 14.1. The first-order chi connectivity index (χ1) is 8.11. The van der Waals surface area contributed by atoms with Crippen molar-refractivity contribution < 1.29 is 4.79 Å². The van der Waals surface area contributed by atoms with Crippen LogP contribution in [0.25, 0.3) is 0 Å². The summed E-state index contributed by atoms with van der Waals surface area (Å²) in [6.45, 7) is 3.96. The second-order valence-electron chi connectivity index (χ2n) is 5.51. The van der Waals surface area contributed by atoms with Crippen LogP contribution in [-0.4, -0.2) is 23.9 Å². The maximum absolute atomic E-state index is 12.1. The maximum Gasteiger partial charge on any atom is 0.225 e. The molecule has 2 aliphatic rings. The first-order valence-corrected chi connectivity index (χ1v) is 6.76. The summed E-state index contributed by atoms with van der Waals surface area (Å²) in [7, 11) is 1.96. The summed E-state index contributed by atoms with van der Waals surface area (Å²) in [6, 6.07) is 0.324. The van der Waals surface area contributed by atoms with Gasteiger partial charge in [-0.15, -0.1) is 0 Å². The highest BCUT2D eigenvalue weighted by molar-refractivity contribution is 5.78. The van der Waals surface area contributed by atoms with E-state index < -0.39 is 0 Å². The molecule has 0 fully saturated rings. The van der Waals surface area contributed by atoms with Gasteiger partial charge in [-0.2, -0.15) is 0 Å². The van der Waals surface area contributed by atoms with Gasteiger partial charge in [0, 0.05) is 13.0 Å². The predicted octanol–water partition coefficient (Wildman–Crippen LogP) is 3.30. The van der Waals surface area contributed by atoms with Gasteiger partial charge >= 0.3 is 0 Å². The molecule has 0 saturated carbocycles. The predicted molar refractivity (Wildman–Crippen MR) is 70.6 cm³/mol. The largest absolute Gasteiger partial charge is 0.339 e. The van der Waals surface area contributed by atoms with Crippen LogP contribution in [0.5, 0.6) is 0 Å². The van der Waals surface area contributed by atoms with Gasteiger partial charge in [0.15, 0.2) is 0 Å². The lowest BCUT2D eigenvalue weighted by molar-refractivity contribution is -0.134. The highest BCUT2D eigenvalue weighted by atomic mass is 16.2. The van der Waals surface area contributed by atoms with Crippen LogP contribution in [0, 0.1) is 5.92 Å². The Labute approximate surface area is 104 Å². The maximum atomic E-state index is 12.1. The molecule has 0 N–H and O–H groups in total. The Morgan fingerprint density at radius 2 is 2.18 bits per heavy atom. The van der Waals surface area contributed by atoms with E-state index in [9.17, 15) is 4.79 Å². The third-order valence-electron chi connectivity index (χ3n) is 3.94. The first kappa shape index (κ1) is 12.4. The van der Waals surface area contributed by atoms with Crippen molar-refractivity contribution in [3.63, 3.8) is 0 Å². The van der Waals surface area contributed by atoms with E-state index in [1.165, 1.54) is 31.3 Å². The molecule has 0 spiro atoms. The molecule has 2 rings (SSSR count). The third-order valence-corrected chi connectivity index (χ3v) is 3.94. The number of hydrogen-bond donors (Lipinski definition) is 0. The molecule has 0 heterocycles. The minimum absolute atomic E-state index is 0.0959. The quantitative estimate of drug-likeness (QED) is 0.716. The van der Waals surface area contributed by atoms with Gasteiger partial charge in [-0.1, -0.05) is 31.6 Å². The molecule has 0 saturated heterocycles. The van der Waals surface area contributed by atoms with Crippen LogP contribution in [0.15, 0.2) is 23.3 Å². The number of nitrogens with zero attached hydrogens (tertiary/aromatic N) is 1. The van der Waals surface area contributed by atoms with Crippen LogP contribution in [0.3, 0.4) is 0 Å². The van der Waals surface area contributed by atoms with Crippen LogP contribution >= 0.6 is 0 Å². The lowest BCUT2D eigenvalue weighted by atomic mass is 9.82. The molecule has 0 radical (unpaired) electrons. The van der Waals surface area contributed by atoms with Crippen LogP contribution < -0.4 is 0 Å². The second kappa shape index (κ2) is 5.07. The standard InChI is InChI=1S/C15H23NO/c1-11(2)15(17)16(3)14-10-6-8-12-7-4-5-9-13(12)14/h5,9,11,14H,4,6-8,10H2,1-3H3. The zero-order valence-electron chi connectivity index (χ0n) is 11.2. The summed E-state index contributed by atoms with van der Waals surface area (Å²) in [5.74, 6) is 0.362. The van der Waals surface area contributed by atoms with Gasteiger partial charge < -0.3 is 4.90 Å². The molecule has 1 atom stereocenters. The van der Waals surface area contributed by atoms with E-state index in [-0.39, 0.29) is 11.8 Å². The van der Waals surface area contributed by atoms with Gasteiger partial charge in [0.25, 0.3) is 0 Å². The van der Waals surface area contributed by atoms with E-state index in [0.717, 1.165) is 6.42 Å². The summed E-state index contributed by atoms with van der Waals surface area (Å²) >= 11 is 0. The van der Waals surface area contributed by atoms with Crippen molar-refractivity contribution in [2.45, 2.75) is 52.0 Å². The van der Waals surface area contributed by atoms with Gasteiger partial charge in [0.1, 0.15) is 0 Å². The molecule has 2 nitrogen and oxygen atoms in total. The topological polar surface area (TPSA) is 20.3 Å². The van der Waals surface area contributed by atoms with E-state index in [0.29, 0.717) is 6.04 Å². The number of likely N-dealkylation sites (N-methyl/N-ethyl adjacent to an activating group) is 1. The molecule has 0 bridgehead atoms. The van der Waals surface area contributed by atoms with Crippen molar-refractivity contribution in [1.29, 1.82) is 0 Å². The fourth-order valence-corrected chi connectivity index (χ4v) is 2.97. The van der Waals surface area contributed by atoms with E-state index in [2.05, 4.69) is 12.2 Å². The number of carbonyl (C=O) groups is 1. The number of rotatable bonds is 2. The number of allylic oxidation sites excluding steroid dienone is 2. The summed E-state index contributed by atoms with van der Waals surface area (Å²) in [5, 5.41) is 0. The molecule has 2 aliphatic carbocycles. The molecule has 1 amide bonds. The van der Waals surface area contributed by atoms with E-state index in [4.69, 9.17) is 0 Å². The molecular weight excluding hydrogens is 210 g/mol. The zero-order chi connectivity index (χ0) is 12.4. The Morgan fingerprint density at radius 3 is 2.88 bits per heavy atom. The summed E-state index contributed by atoms with van der Waals surface area (Å²) in [6.07, 6.45) is 10.5. The Balaban J connectivity index is 2.20. The molecule has 0 aromatic rings. The minimum Gasteiger partial charge on any atom is -0.339 e. The van der Waals surface area contributed by atoms with Crippen molar-refractivity contribution in [2.75, 3.05) is 7.05 Å². The Bertz CT molecular complexity index is 365. The van der Waals surface area contributed by atoms with E-state index in [1.807, 2.05) is 25.8 Å². The lowest BCUT2D eigenvalue weighted by Gasteiger charge is -2.36. The highest BCUT2D eigenvalue weighted by Gasteiger charge is 2.29.